The van der Waals surface area contributed by atoms with Crippen LogP contribution in [-0.4, -0.2) is 17.5 Å². The van der Waals surface area contributed by atoms with Gasteiger partial charge in [-0.15, -0.1) is 0 Å². The van der Waals surface area contributed by atoms with Crippen molar-refractivity contribution in [2.24, 2.45) is 5.41 Å². The van der Waals surface area contributed by atoms with Crippen LogP contribution in [0, 0.1) is 5.41 Å². The van der Waals surface area contributed by atoms with Crippen molar-refractivity contribution in [1.82, 2.24) is 0 Å². The lowest BCUT2D eigenvalue weighted by atomic mass is 9.78. The van der Waals surface area contributed by atoms with Crippen LogP contribution in [0.15, 0.2) is 0 Å². The molecule has 0 heterocycles. The molecule has 1 aliphatic carbocycles. The number of aliphatic hydroxyl groups is 1. The molecule has 12 heavy (non-hydrogen) atoms. The molecule has 1 fully saturated rings. The topological polar surface area (TPSA) is 37.3 Å². The molecular formula is C10H18O2. The second-order valence-electron chi connectivity index (χ2n) is 3.74. The molecule has 0 aromatic rings. The van der Waals surface area contributed by atoms with Crippen LogP contribution in [0.1, 0.15) is 45.4 Å². The van der Waals surface area contributed by atoms with Gasteiger partial charge in [0.05, 0.1) is 0 Å². The third-order valence-corrected chi connectivity index (χ3v) is 3.14. The molecule has 1 N–H and O–H groups in total. The number of ketones is 1. The quantitative estimate of drug-likeness (QED) is 0.699. The first kappa shape index (κ1) is 9.72. The van der Waals surface area contributed by atoms with E-state index in [2.05, 4.69) is 6.92 Å². The van der Waals surface area contributed by atoms with Crippen molar-refractivity contribution in [2.75, 3.05) is 6.61 Å². The zero-order valence-electron chi connectivity index (χ0n) is 7.81. The van der Waals surface area contributed by atoms with Crippen molar-refractivity contribution < 1.29 is 9.90 Å². The van der Waals surface area contributed by atoms with Crippen LogP contribution in [0.3, 0.4) is 0 Å². The second kappa shape index (κ2) is 4.04. The van der Waals surface area contributed by atoms with Crippen LogP contribution < -0.4 is 0 Å². The number of hydrogen-bond acceptors (Lipinski definition) is 2. The highest BCUT2D eigenvalue weighted by atomic mass is 16.3. The molecule has 1 saturated carbocycles. The van der Waals surface area contributed by atoms with Gasteiger partial charge < -0.3 is 5.11 Å². The van der Waals surface area contributed by atoms with E-state index < -0.39 is 0 Å². The van der Waals surface area contributed by atoms with Gasteiger partial charge in [0.2, 0.25) is 0 Å². The van der Waals surface area contributed by atoms with Gasteiger partial charge in [-0.05, 0) is 32.1 Å². The standard InChI is InChI=1S/C10H18O2/c1-2-10(7-4-8-11)6-3-5-9(10)12/h11H,2-8H2,1H3/t10-/m0/s1. The lowest BCUT2D eigenvalue weighted by molar-refractivity contribution is -0.126. The van der Waals surface area contributed by atoms with Crippen LogP contribution in [0.25, 0.3) is 0 Å². The van der Waals surface area contributed by atoms with Gasteiger partial charge in [0.25, 0.3) is 0 Å². The molecule has 0 unspecified atom stereocenters. The van der Waals surface area contributed by atoms with E-state index in [4.69, 9.17) is 5.11 Å². The first-order valence-electron chi connectivity index (χ1n) is 4.89. The summed E-state index contributed by atoms with van der Waals surface area (Å²) >= 11 is 0. The average molecular weight is 170 g/mol. The Morgan fingerprint density at radius 2 is 2.33 bits per heavy atom. The fourth-order valence-electron chi connectivity index (χ4n) is 2.22. The van der Waals surface area contributed by atoms with Gasteiger partial charge in [-0.25, -0.2) is 0 Å². The Hall–Kier alpha value is -0.370. The average Bonchev–Trinajstić information content (AvgIpc) is 2.45. The summed E-state index contributed by atoms with van der Waals surface area (Å²) in [5.41, 5.74) is -0.0528. The minimum Gasteiger partial charge on any atom is -0.396 e. The number of carbonyl (C=O) groups is 1. The number of Topliss-reactive ketones (excluding diaryl/α,β-unsaturated/α-hetero) is 1. The molecule has 1 atom stereocenters. The molecule has 0 amide bonds. The Morgan fingerprint density at radius 1 is 1.58 bits per heavy atom. The highest BCUT2D eigenvalue weighted by Crippen LogP contribution is 2.41. The smallest absolute Gasteiger partial charge is 0.139 e. The zero-order chi connectivity index (χ0) is 9.03. The highest BCUT2D eigenvalue weighted by Gasteiger charge is 2.39. The van der Waals surface area contributed by atoms with E-state index in [1.54, 1.807) is 0 Å². The molecule has 70 valence electrons. The van der Waals surface area contributed by atoms with Gasteiger partial charge in [-0.2, -0.15) is 0 Å². The Morgan fingerprint density at radius 3 is 2.75 bits per heavy atom. The Labute approximate surface area is 74.0 Å². The third kappa shape index (κ3) is 1.69. The van der Waals surface area contributed by atoms with Crippen LogP contribution in [-0.2, 0) is 4.79 Å². The fraction of sp³-hybridized carbons (Fsp3) is 0.900. The molecule has 2 heteroatoms. The van der Waals surface area contributed by atoms with Gasteiger partial charge >= 0.3 is 0 Å². The maximum atomic E-state index is 11.6. The maximum absolute atomic E-state index is 11.6. The lowest BCUT2D eigenvalue weighted by Crippen LogP contribution is -2.24. The molecule has 0 bridgehead atoms. The molecule has 1 aliphatic rings. The minimum absolute atomic E-state index is 0.0528. The van der Waals surface area contributed by atoms with E-state index in [-0.39, 0.29) is 12.0 Å². The Balaban J connectivity index is 2.55. The largest absolute Gasteiger partial charge is 0.396 e. The molecule has 2 nitrogen and oxygen atoms in total. The van der Waals surface area contributed by atoms with Crippen LogP contribution >= 0.6 is 0 Å². The maximum Gasteiger partial charge on any atom is 0.139 e. The minimum atomic E-state index is -0.0528. The SMILES string of the molecule is CC[C@@]1(CCCO)CCCC1=O. The van der Waals surface area contributed by atoms with E-state index >= 15 is 0 Å². The van der Waals surface area contributed by atoms with Crippen molar-refractivity contribution >= 4 is 5.78 Å². The summed E-state index contributed by atoms with van der Waals surface area (Å²) in [6, 6.07) is 0. The number of carbonyl (C=O) groups excluding carboxylic acids is 1. The molecule has 0 aromatic heterocycles. The molecule has 0 radical (unpaired) electrons. The van der Waals surface area contributed by atoms with Crippen LogP contribution in [0.4, 0.5) is 0 Å². The van der Waals surface area contributed by atoms with E-state index in [0.717, 1.165) is 38.5 Å². The van der Waals surface area contributed by atoms with E-state index in [0.29, 0.717) is 5.78 Å². The van der Waals surface area contributed by atoms with Gasteiger partial charge in [0, 0.05) is 18.4 Å². The highest BCUT2D eigenvalue weighted by molar-refractivity contribution is 5.86. The predicted octanol–water partition coefficient (Wildman–Crippen LogP) is 1.91. The molecule has 0 aromatic carbocycles. The summed E-state index contributed by atoms with van der Waals surface area (Å²) in [5.74, 6) is 0.429. The van der Waals surface area contributed by atoms with Gasteiger partial charge in [-0.1, -0.05) is 6.92 Å². The van der Waals surface area contributed by atoms with Crippen molar-refractivity contribution in [3.63, 3.8) is 0 Å². The molecule has 0 spiro atoms. The van der Waals surface area contributed by atoms with E-state index in [1.165, 1.54) is 0 Å². The summed E-state index contributed by atoms with van der Waals surface area (Å²) in [6.45, 7) is 2.30. The number of hydrogen-bond donors (Lipinski definition) is 1. The third-order valence-electron chi connectivity index (χ3n) is 3.14. The summed E-state index contributed by atoms with van der Waals surface area (Å²) in [5, 5.41) is 8.71. The summed E-state index contributed by atoms with van der Waals surface area (Å²) in [7, 11) is 0. The normalized spacial score (nSPS) is 29.7. The van der Waals surface area contributed by atoms with Gasteiger partial charge in [0.1, 0.15) is 5.78 Å². The van der Waals surface area contributed by atoms with Crippen LogP contribution in [0.5, 0.6) is 0 Å². The lowest BCUT2D eigenvalue weighted by Gasteiger charge is -2.25. The first-order valence-corrected chi connectivity index (χ1v) is 4.89. The van der Waals surface area contributed by atoms with E-state index in [1.807, 2.05) is 0 Å². The molecular weight excluding hydrogens is 152 g/mol. The Kier molecular flexibility index (Phi) is 3.27. The molecule has 0 saturated heterocycles. The summed E-state index contributed by atoms with van der Waals surface area (Å²) in [6.07, 6.45) is 5.48. The van der Waals surface area contributed by atoms with Crippen molar-refractivity contribution in [2.45, 2.75) is 45.4 Å². The number of aliphatic hydroxyl groups excluding tert-OH is 1. The fourth-order valence-corrected chi connectivity index (χ4v) is 2.22. The predicted molar refractivity (Wildman–Crippen MR) is 47.9 cm³/mol. The van der Waals surface area contributed by atoms with E-state index in [9.17, 15) is 4.79 Å². The van der Waals surface area contributed by atoms with Crippen molar-refractivity contribution in [1.29, 1.82) is 0 Å². The molecule has 0 aliphatic heterocycles. The van der Waals surface area contributed by atoms with Crippen molar-refractivity contribution in [3.05, 3.63) is 0 Å². The van der Waals surface area contributed by atoms with Gasteiger partial charge in [-0.3, -0.25) is 4.79 Å². The van der Waals surface area contributed by atoms with Crippen molar-refractivity contribution in [3.8, 4) is 0 Å². The Bertz CT molecular complexity index is 165. The number of rotatable bonds is 4. The van der Waals surface area contributed by atoms with Gasteiger partial charge in [0.15, 0.2) is 0 Å². The molecule has 1 rings (SSSR count). The monoisotopic (exact) mass is 170 g/mol. The second-order valence-corrected chi connectivity index (χ2v) is 3.74. The zero-order valence-corrected chi connectivity index (χ0v) is 7.81. The first-order chi connectivity index (χ1) is 5.75. The summed E-state index contributed by atoms with van der Waals surface area (Å²) < 4.78 is 0. The van der Waals surface area contributed by atoms with Crippen LogP contribution in [0.2, 0.25) is 0 Å². The summed E-state index contributed by atoms with van der Waals surface area (Å²) in [4.78, 5) is 11.6.